The molecule has 1 fully saturated rings. The van der Waals surface area contributed by atoms with Crippen LogP contribution in [0.5, 0.6) is 0 Å². The summed E-state index contributed by atoms with van der Waals surface area (Å²) in [5, 5.41) is 23.0. The number of hydrogen-bond donors (Lipinski definition) is 3. The van der Waals surface area contributed by atoms with Crippen molar-refractivity contribution in [2.24, 2.45) is 5.41 Å². The van der Waals surface area contributed by atoms with E-state index in [1.54, 1.807) is 39.0 Å². The van der Waals surface area contributed by atoms with Crippen LogP contribution in [0.2, 0.25) is 5.02 Å². The lowest BCUT2D eigenvalue weighted by molar-refractivity contribution is -0.149. The zero-order valence-electron chi connectivity index (χ0n) is 15.5. The molecule has 1 aliphatic heterocycles. The van der Waals surface area contributed by atoms with Crippen LogP contribution in [0.4, 0.5) is 0 Å². The number of rotatable bonds is 5. The Morgan fingerprint density at radius 2 is 2.04 bits per heavy atom. The molecule has 1 saturated heterocycles. The minimum Gasteiger partial charge on any atom is -0.392 e. The summed E-state index contributed by atoms with van der Waals surface area (Å²) in [4.78, 5) is 26.6. The number of nitrogens with zero attached hydrogens (tertiary/aromatic N) is 1. The minimum absolute atomic E-state index is 0.145. The molecule has 1 aromatic rings. The highest BCUT2D eigenvalue weighted by Crippen LogP contribution is 2.25. The lowest BCUT2D eigenvalue weighted by atomic mass is 9.88. The zero-order chi connectivity index (χ0) is 19.5. The fourth-order valence-corrected chi connectivity index (χ4v) is 3.24. The minimum atomic E-state index is -1.15. The van der Waals surface area contributed by atoms with Gasteiger partial charge < -0.3 is 20.4 Å². The Hall–Kier alpha value is -1.63. The molecule has 2 atom stereocenters. The van der Waals surface area contributed by atoms with E-state index in [2.05, 4.69) is 5.32 Å². The lowest BCUT2D eigenvalue weighted by Crippen LogP contribution is -2.51. The monoisotopic (exact) mass is 382 g/mol. The predicted molar refractivity (Wildman–Crippen MR) is 99.4 cm³/mol. The number of halogens is 1. The summed E-state index contributed by atoms with van der Waals surface area (Å²) in [5.74, 6) is -0.672. The largest absolute Gasteiger partial charge is 0.392 e. The number of benzene rings is 1. The lowest BCUT2D eigenvalue weighted by Gasteiger charge is -2.31. The van der Waals surface area contributed by atoms with Crippen LogP contribution < -0.4 is 5.32 Å². The van der Waals surface area contributed by atoms with Gasteiger partial charge in [-0.25, -0.2) is 0 Å². The number of amides is 2. The van der Waals surface area contributed by atoms with E-state index in [0.717, 1.165) is 12.0 Å². The summed E-state index contributed by atoms with van der Waals surface area (Å²) in [6.07, 6.45) is 0.140. The van der Waals surface area contributed by atoms with Crippen LogP contribution in [0.15, 0.2) is 18.2 Å². The van der Waals surface area contributed by atoms with Gasteiger partial charge in [-0.1, -0.05) is 38.4 Å². The molecule has 0 saturated carbocycles. The van der Waals surface area contributed by atoms with Crippen LogP contribution in [-0.4, -0.2) is 45.6 Å². The molecule has 6 nitrogen and oxygen atoms in total. The van der Waals surface area contributed by atoms with Gasteiger partial charge in [0.05, 0.1) is 6.61 Å². The van der Waals surface area contributed by atoms with Gasteiger partial charge in [-0.2, -0.15) is 0 Å². The number of hydrogen-bond acceptors (Lipinski definition) is 4. The van der Waals surface area contributed by atoms with Crippen LogP contribution >= 0.6 is 11.6 Å². The third-order valence-electron chi connectivity index (χ3n) is 4.68. The molecule has 2 rings (SSSR count). The standard InChI is InChI=1S/C19H27ClN2O4/c1-19(2,3)16(24)18(26)22-8-4-5-15(22)17(25)21-10-13-9-14(20)7-6-12(13)11-23/h6-7,9,15-16,23-24H,4-5,8,10-11H2,1-3H3,(H,21,25)/t15?,16-/m0/s1. The van der Waals surface area contributed by atoms with Gasteiger partial charge in [0.1, 0.15) is 12.1 Å². The van der Waals surface area contributed by atoms with Crippen molar-refractivity contribution in [2.45, 2.75) is 58.9 Å². The molecular weight excluding hydrogens is 356 g/mol. The highest BCUT2D eigenvalue weighted by molar-refractivity contribution is 6.30. The molecule has 26 heavy (non-hydrogen) atoms. The first-order valence-electron chi connectivity index (χ1n) is 8.79. The van der Waals surface area contributed by atoms with Gasteiger partial charge in [0, 0.05) is 18.1 Å². The molecule has 0 bridgehead atoms. The number of likely N-dealkylation sites (tertiary alicyclic amines) is 1. The second-order valence-corrected chi connectivity index (χ2v) is 8.18. The Balaban J connectivity index is 2.05. The Bertz CT molecular complexity index is 672. The molecule has 1 heterocycles. The second kappa shape index (κ2) is 8.37. The maximum absolute atomic E-state index is 12.6. The highest BCUT2D eigenvalue weighted by atomic mass is 35.5. The molecule has 1 unspecified atom stereocenters. The van der Waals surface area contributed by atoms with Crippen molar-refractivity contribution in [3.05, 3.63) is 34.3 Å². The molecule has 7 heteroatoms. The van der Waals surface area contributed by atoms with Crippen molar-refractivity contribution in [3.8, 4) is 0 Å². The average Bonchev–Trinajstić information content (AvgIpc) is 3.07. The van der Waals surface area contributed by atoms with Crippen LogP contribution in [0, 0.1) is 5.41 Å². The molecule has 1 aromatic carbocycles. The van der Waals surface area contributed by atoms with Crippen molar-refractivity contribution < 1.29 is 19.8 Å². The van der Waals surface area contributed by atoms with Crippen molar-refractivity contribution in [3.63, 3.8) is 0 Å². The van der Waals surface area contributed by atoms with Gasteiger partial charge in [0.15, 0.2) is 0 Å². The topological polar surface area (TPSA) is 89.9 Å². The van der Waals surface area contributed by atoms with E-state index >= 15 is 0 Å². The van der Waals surface area contributed by atoms with E-state index in [1.165, 1.54) is 4.90 Å². The zero-order valence-corrected chi connectivity index (χ0v) is 16.2. The summed E-state index contributed by atoms with van der Waals surface area (Å²) < 4.78 is 0. The third kappa shape index (κ3) is 4.75. The molecule has 144 valence electrons. The molecule has 0 spiro atoms. The molecular formula is C19H27ClN2O4. The van der Waals surface area contributed by atoms with E-state index in [9.17, 15) is 19.8 Å². The third-order valence-corrected chi connectivity index (χ3v) is 4.92. The first kappa shape index (κ1) is 20.7. The molecule has 0 aliphatic carbocycles. The fraction of sp³-hybridized carbons (Fsp3) is 0.579. The van der Waals surface area contributed by atoms with Crippen molar-refractivity contribution in [1.82, 2.24) is 10.2 Å². The van der Waals surface area contributed by atoms with Crippen LogP contribution in [0.25, 0.3) is 0 Å². The van der Waals surface area contributed by atoms with E-state index in [4.69, 9.17) is 11.6 Å². The van der Waals surface area contributed by atoms with E-state index in [0.29, 0.717) is 23.6 Å². The van der Waals surface area contributed by atoms with Gasteiger partial charge in [-0.05, 0) is 41.5 Å². The first-order chi connectivity index (χ1) is 12.1. The van der Waals surface area contributed by atoms with Gasteiger partial charge in [0.25, 0.3) is 5.91 Å². The van der Waals surface area contributed by atoms with E-state index in [1.807, 2.05) is 0 Å². The van der Waals surface area contributed by atoms with Gasteiger partial charge in [0.2, 0.25) is 5.91 Å². The fourth-order valence-electron chi connectivity index (χ4n) is 3.04. The summed E-state index contributed by atoms with van der Waals surface area (Å²) in [5.41, 5.74) is 0.841. The number of nitrogens with one attached hydrogen (secondary N) is 1. The van der Waals surface area contributed by atoms with Crippen LogP contribution in [-0.2, 0) is 22.7 Å². The number of aliphatic hydroxyl groups is 2. The molecule has 0 aromatic heterocycles. The summed E-state index contributed by atoms with van der Waals surface area (Å²) in [6.45, 7) is 5.90. The molecule has 3 N–H and O–H groups in total. The average molecular weight is 383 g/mol. The summed E-state index contributed by atoms with van der Waals surface area (Å²) in [7, 11) is 0. The van der Waals surface area contributed by atoms with Crippen LogP contribution in [0.3, 0.4) is 0 Å². The molecule has 2 amide bonds. The van der Waals surface area contributed by atoms with Crippen molar-refractivity contribution in [1.29, 1.82) is 0 Å². The number of carbonyl (C=O) groups excluding carboxylic acids is 2. The first-order valence-corrected chi connectivity index (χ1v) is 9.17. The normalized spacial score (nSPS) is 18.7. The molecule has 1 aliphatic rings. The van der Waals surface area contributed by atoms with Crippen LogP contribution in [0.1, 0.15) is 44.7 Å². The SMILES string of the molecule is CC(C)(C)[C@@H](O)C(=O)N1CCCC1C(=O)NCc1cc(Cl)ccc1CO. The molecule has 0 radical (unpaired) electrons. The van der Waals surface area contributed by atoms with E-state index < -0.39 is 23.5 Å². The van der Waals surface area contributed by atoms with Crippen molar-refractivity contribution >= 4 is 23.4 Å². The van der Waals surface area contributed by atoms with Crippen molar-refractivity contribution in [2.75, 3.05) is 6.54 Å². The summed E-state index contributed by atoms with van der Waals surface area (Å²) in [6, 6.07) is 4.52. The number of carbonyl (C=O) groups is 2. The van der Waals surface area contributed by atoms with E-state index in [-0.39, 0.29) is 19.1 Å². The van der Waals surface area contributed by atoms with Gasteiger partial charge in [-0.3, -0.25) is 9.59 Å². The Labute approximate surface area is 159 Å². The Morgan fingerprint density at radius 1 is 1.35 bits per heavy atom. The quantitative estimate of drug-likeness (QED) is 0.724. The highest BCUT2D eigenvalue weighted by Gasteiger charge is 2.40. The summed E-state index contributed by atoms with van der Waals surface area (Å²) >= 11 is 5.98. The van der Waals surface area contributed by atoms with Gasteiger partial charge >= 0.3 is 0 Å². The maximum atomic E-state index is 12.6. The van der Waals surface area contributed by atoms with Gasteiger partial charge in [-0.15, -0.1) is 0 Å². The second-order valence-electron chi connectivity index (χ2n) is 7.75. The predicted octanol–water partition coefficient (Wildman–Crippen LogP) is 1.85. The smallest absolute Gasteiger partial charge is 0.252 e. The Morgan fingerprint density at radius 3 is 2.65 bits per heavy atom. The maximum Gasteiger partial charge on any atom is 0.252 e. The number of aliphatic hydroxyl groups excluding tert-OH is 2. The Kier molecular flexibility index (Phi) is 6.66.